The zero-order chi connectivity index (χ0) is 12.7. The maximum atomic E-state index is 11.8. The SMILES string of the molecule is CCCSCC(=O)NC(C)(C)c1ccccc1. The van der Waals surface area contributed by atoms with Gasteiger partial charge in [0.15, 0.2) is 0 Å². The van der Waals surface area contributed by atoms with Gasteiger partial charge in [-0.2, -0.15) is 11.8 Å². The maximum absolute atomic E-state index is 11.8. The van der Waals surface area contributed by atoms with Gasteiger partial charge in [0.25, 0.3) is 0 Å². The van der Waals surface area contributed by atoms with Crippen molar-refractivity contribution >= 4 is 17.7 Å². The van der Waals surface area contributed by atoms with Crippen LogP contribution in [-0.4, -0.2) is 17.4 Å². The van der Waals surface area contributed by atoms with E-state index in [0.717, 1.165) is 17.7 Å². The van der Waals surface area contributed by atoms with Gasteiger partial charge in [0.1, 0.15) is 0 Å². The molecule has 0 aliphatic heterocycles. The van der Waals surface area contributed by atoms with Crippen LogP contribution in [0.25, 0.3) is 0 Å². The Bertz CT molecular complexity index is 348. The van der Waals surface area contributed by atoms with Crippen molar-refractivity contribution in [1.29, 1.82) is 0 Å². The Kier molecular flexibility index (Phi) is 5.56. The molecule has 2 nitrogen and oxygen atoms in total. The lowest BCUT2D eigenvalue weighted by atomic mass is 9.94. The molecule has 0 saturated heterocycles. The van der Waals surface area contributed by atoms with Crippen LogP contribution in [0.15, 0.2) is 30.3 Å². The summed E-state index contributed by atoms with van der Waals surface area (Å²) in [5.41, 5.74) is 0.833. The zero-order valence-corrected chi connectivity index (χ0v) is 11.6. The van der Waals surface area contributed by atoms with Crippen molar-refractivity contribution in [3.8, 4) is 0 Å². The molecule has 1 amide bonds. The highest BCUT2D eigenvalue weighted by Gasteiger charge is 2.21. The summed E-state index contributed by atoms with van der Waals surface area (Å²) in [7, 11) is 0. The number of amides is 1. The molecule has 0 aliphatic carbocycles. The van der Waals surface area contributed by atoms with Crippen molar-refractivity contribution in [2.24, 2.45) is 0 Å². The van der Waals surface area contributed by atoms with Crippen molar-refractivity contribution in [2.75, 3.05) is 11.5 Å². The van der Waals surface area contributed by atoms with Crippen LogP contribution in [0.5, 0.6) is 0 Å². The molecular weight excluding hydrogens is 230 g/mol. The summed E-state index contributed by atoms with van der Waals surface area (Å²) in [6.45, 7) is 6.19. The number of hydrogen-bond donors (Lipinski definition) is 1. The number of thioether (sulfide) groups is 1. The molecule has 0 aromatic heterocycles. The smallest absolute Gasteiger partial charge is 0.230 e. The van der Waals surface area contributed by atoms with Crippen LogP contribution in [0.3, 0.4) is 0 Å². The minimum absolute atomic E-state index is 0.109. The van der Waals surface area contributed by atoms with E-state index in [1.165, 1.54) is 0 Å². The van der Waals surface area contributed by atoms with Gasteiger partial charge in [-0.05, 0) is 31.6 Å². The Morgan fingerprint density at radius 3 is 2.53 bits per heavy atom. The Morgan fingerprint density at radius 1 is 1.29 bits per heavy atom. The second-order valence-electron chi connectivity index (χ2n) is 4.59. The first kappa shape index (κ1) is 14.1. The number of nitrogens with one attached hydrogen (secondary N) is 1. The van der Waals surface area contributed by atoms with E-state index in [1.54, 1.807) is 11.8 Å². The summed E-state index contributed by atoms with van der Waals surface area (Å²) in [6.07, 6.45) is 1.11. The first-order valence-corrected chi connectivity index (χ1v) is 7.16. The first-order chi connectivity index (χ1) is 8.06. The minimum Gasteiger partial charge on any atom is -0.346 e. The predicted molar refractivity (Wildman–Crippen MR) is 75.2 cm³/mol. The van der Waals surface area contributed by atoms with Gasteiger partial charge >= 0.3 is 0 Å². The summed E-state index contributed by atoms with van der Waals surface area (Å²) < 4.78 is 0. The van der Waals surface area contributed by atoms with Crippen LogP contribution in [0.1, 0.15) is 32.8 Å². The van der Waals surface area contributed by atoms with E-state index in [2.05, 4.69) is 12.2 Å². The number of benzene rings is 1. The second-order valence-corrected chi connectivity index (χ2v) is 5.70. The van der Waals surface area contributed by atoms with Gasteiger partial charge in [-0.15, -0.1) is 0 Å². The molecule has 1 aromatic carbocycles. The summed E-state index contributed by atoms with van der Waals surface area (Å²) in [5, 5.41) is 3.07. The number of rotatable bonds is 6. The highest BCUT2D eigenvalue weighted by Crippen LogP contribution is 2.19. The van der Waals surface area contributed by atoms with E-state index in [1.807, 2.05) is 44.2 Å². The topological polar surface area (TPSA) is 29.1 Å². The fraction of sp³-hybridized carbons (Fsp3) is 0.500. The molecule has 3 heteroatoms. The molecule has 0 radical (unpaired) electrons. The predicted octanol–water partition coefficient (Wildman–Crippen LogP) is 3.18. The first-order valence-electron chi connectivity index (χ1n) is 6.00. The molecular formula is C14H21NOS. The summed E-state index contributed by atoms with van der Waals surface area (Å²) in [4.78, 5) is 11.8. The third-order valence-corrected chi connectivity index (χ3v) is 3.69. The van der Waals surface area contributed by atoms with Crippen molar-refractivity contribution in [2.45, 2.75) is 32.7 Å². The van der Waals surface area contributed by atoms with Crippen LogP contribution < -0.4 is 5.32 Å². The number of carbonyl (C=O) groups excluding carboxylic acids is 1. The van der Waals surface area contributed by atoms with Crippen LogP contribution in [0.2, 0.25) is 0 Å². The van der Waals surface area contributed by atoms with E-state index >= 15 is 0 Å². The molecule has 0 unspecified atom stereocenters. The lowest BCUT2D eigenvalue weighted by Crippen LogP contribution is -2.41. The molecule has 1 N–H and O–H groups in total. The third kappa shape index (κ3) is 4.82. The molecule has 0 saturated carbocycles. The van der Waals surface area contributed by atoms with Gasteiger partial charge in [0.2, 0.25) is 5.91 Å². The molecule has 94 valence electrons. The highest BCUT2D eigenvalue weighted by atomic mass is 32.2. The zero-order valence-electron chi connectivity index (χ0n) is 10.8. The molecule has 0 heterocycles. The van der Waals surface area contributed by atoms with Gasteiger partial charge in [-0.1, -0.05) is 37.3 Å². The van der Waals surface area contributed by atoms with Gasteiger partial charge in [0.05, 0.1) is 11.3 Å². The largest absolute Gasteiger partial charge is 0.346 e. The Hall–Kier alpha value is -0.960. The Balaban J connectivity index is 2.52. The summed E-state index contributed by atoms with van der Waals surface area (Å²) in [5.74, 6) is 1.70. The standard InChI is InChI=1S/C14H21NOS/c1-4-10-17-11-13(16)15-14(2,3)12-8-6-5-7-9-12/h5-9H,4,10-11H2,1-3H3,(H,15,16). The fourth-order valence-electron chi connectivity index (χ4n) is 1.62. The molecule has 0 bridgehead atoms. The molecule has 0 spiro atoms. The average molecular weight is 251 g/mol. The van der Waals surface area contributed by atoms with Crippen molar-refractivity contribution in [3.05, 3.63) is 35.9 Å². The van der Waals surface area contributed by atoms with Crippen LogP contribution in [-0.2, 0) is 10.3 Å². The van der Waals surface area contributed by atoms with Crippen molar-refractivity contribution < 1.29 is 4.79 Å². The van der Waals surface area contributed by atoms with Crippen LogP contribution >= 0.6 is 11.8 Å². The lowest BCUT2D eigenvalue weighted by molar-refractivity contribution is -0.120. The Morgan fingerprint density at radius 2 is 1.94 bits per heavy atom. The van der Waals surface area contributed by atoms with E-state index in [0.29, 0.717) is 5.75 Å². The molecule has 1 aromatic rings. The van der Waals surface area contributed by atoms with Crippen LogP contribution in [0.4, 0.5) is 0 Å². The maximum Gasteiger partial charge on any atom is 0.230 e. The Labute approximate surface area is 108 Å². The molecule has 0 atom stereocenters. The van der Waals surface area contributed by atoms with Gasteiger partial charge in [0, 0.05) is 0 Å². The van der Waals surface area contributed by atoms with Crippen molar-refractivity contribution in [1.82, 2.24) is 5.32 Å². The molecule has 1 rings (SSSR count). The summed E-state index contributed by atoms with van der Waals surface area (Å²) >= 11 is 1.69. The molecule has 0 aliphatic rings. The average Bonchev–Trinajstić information content (AvgIpc) is 2.30. The van der Waals surface area contributed by atoms with Gasteiger partial charge in [-0.3, -0.25) is 4.79 Å². The van der Waals surface area contributed by atoms with Gasteiger partial charge in [-0.25, -0.2) is 0 Å². The second kappa shape index (κ2) is 6.70. The van der Waals surface area contributed by atoms with E-state index in [4.69, 9.17) is 0 Å². The molecule has 0 fully saturated rings. The van der Waals surface area contributed by atoms with E-state index in [9.17, 15) is 4.79 Å². The van der Waals surface area contributed by atoms with Crippen LogP contribution in [0, 0.1) is 0 Å². The van der Waals surface area contributed by atoms with Gasteiger partial charge < -0.3 is 5.32 Å². The fourth-order valence-corrected chi connectivity index (χ4v) is 2.31. The monoisotopic (exact) mass is 251 g/mol. The normalized spacial score (nSPS) is 11.2. The number of carbonyl (C=O) groups is 1. The lowest BCUT2D eigenvalue weighted by Gasteiger charge is -2.26. The number of hydrogen-bond acceptors (Lipinski definition) is 2. The van der Waals surface area contributed by atoms with E-state index in [-0.39, 0.29) is 11.4 Å². The van der Waals surface area contributed by atoms with Crippen molar-refractivity contribution in [3.63, 3.8) is 0 Å². The van der Waals surface area contributed by atoms with E-state index < -0.39 is 0 Å². The third-order valence-electron chi connectivity index (χ3n) is 2.53. The summed E-state index contributed by atoms with van der Waals surface area (Å²) in [6, 6.07) is 10.1. The highest BCUT2D eigenvalue weighted by molar-refractivity contribution is 7.99. The minimum atomic E-state index is -0.300. The quantitative estimate of drug-likeness (QED) is 0.787. The molecule has 17 heavy (non-hydrogen) atoms.